The largest absolute Gasteiger partial charge is 0.392 e. The van der Waals surface area contributed by atoms with Gasteiger partial charge in [-0.1, -0.05) is 12.2 Å². The fraction of sp³-hybridized carbons (Fsp3) is 0.375. The van der Waals surface area contributed by atoms with Crippen LogP contribution in [0.2, 0.25) is 0 Å². The number of H-pyrrole nitrogens is 1. The number of rotatable bonds is 1. The summed E-state index contributed by atoms with van der Waals surface area (Å²) >= 11 is 0. The molecule has 4 nitrogen and oxygen atoms in total. The van der Waals surface area contributed by atoms with E-state index in [0.717, 1.165) is 28.3 Å². The first-order valence-corrected chi connectivity index (χ1v) is 6.95. The molecule has 2 N–H and O–H groups in total. The zero-order chi connectivity index (χ0) is 14.1. The smallest absolute Gasteiger partial charge is 0.248 e. The van der Waals surface area contributed by atoms with Crippen LogP contribution in [-0.2, 0) is 0 Å². The minimum absolute atomic E-state index is 0.0323. The number of aliphatic hydroxyl groups is 1. The Morgan fingerprint density at radius 3 is 3.05 bits per heavy atom. The molecule has 104 valence electrons. The Balaban J connectivity index is 1.97. The second-order valence-corrected chi connectivity index (χ2v) is 5.43. The molecule has 2 atom stereocenters. The predicted octanol–water partition coefficient (Wildman–Crippen LogP) is 0.169. The van der Waals surface area contributed by atoms with E-state index in [1.165, 1.54) is 0 Å². The third-order valence-electron chi connectivity index (χ3n) is 3.74. The van der Waals surface area contributed by atoms with Crippen LogP contribution in [0.3, 0.4) is 0 Å². The van der Waals surface area contributed by atoms with Crippen LogP contribution in [0.15, 0.2) is 28.0 Å². The number of aromatic amines is 1. The zero-order valence-electron chi connectivity index (χ0n) is 11.5. The van der Waals surface area contributed by atoms with Gasteiger partial charge in [-0.15, -0.1) is 0 Å². The maximum atomic E-state index is 11.5. The lowest BCUT2D eigenvalue weighted by atomic mass is 10.0. The van der Waals surface area contributed by atoms with Crippen LogP contribution in [0.5, 0.6) is 0 Å². The van der Waals surface area contributed by atoms with E-state index < -0.39 is 0 Å². The number of nitrogens with zero attached hydrogens (tertiary/aromatic N) is 1. The average molecular weight is 270 g/mol. The molecule has 0 saturated carbocycles. The third kappa shape index (κ3) is 2.65. The molecule has 20 heavy (non-hydrogen) atoms. The second kappa shape index (κ2) is 5.21. The van der Waals surface area contributed by atoms with E-state index in [2.05, 4.69) is 16.1 Å². The molecule has 1 heterocycles. The van der Waals surface area contributed by atoms with Gasteiger partial charge in [0.15, 0.2) is 0 Å². The monoisotopic (exact) mass is 270 g/mol. The van der Waals surface area contributed by atoms with Gasteiger partial charge in [0.05, 0.1) is 12.1 Å². The molecule has 0 saturated heterocycles. The topological polar surface area (TPSA) is 65.5 Å². The summed E-state index contributed by atoms with van der Waals surface area (Å²) in [7, 11) is 0. The van der Waals surface area contributed by atoms with Crippen molar-refractivity contribution in [2.75, 3.05) is 0 Å². The first-order chi connectivity index (χ1) is 9.61. The Morgan fingerprint density at radius 1 is 1.40 bits per heavy atom. The lowest BCUT2D eigenvalue weighted by Crippen LogP contribution is -2.39. The van der Waals surface area contributed by atoms with Crippen LogP contribution >= 0.6 is 0 Å². The molecule has 2 aliphatic carbocycles. The number of hydrogen-bond donors (Lipinski definition) is 2. The summed E-state index contributed by atoms with van der Waals surface area (Å²) in [6, 6.07) is 1.65. The molecule has 2 unspecified atom stereocenters. The summed E-state index contributed by atoms with van der Waals surface area (Å²) in [6.07, 6.45) is 9.89. The maximum absolute atomic E-state index is 11.5. The Labute approximate surface area is 116 Å². The number of allylic oxidation sites excluding steroid dienone is 1. The molecule has 0 fully saturated rings. The van der Waals surface area contributed by atoms with E-state index in [1.807, 2.05) is 25.2 Å². The molecule has 0 aromatic carbocycles. The Hall–Kier alpha value is -1.94. The van der Waals surface area contributed by atoms with Gasteiger partial charge in [-0.25, -0.2) is 0 Å². The molecule has 0 aliphatic heterocycles. The number of hydrogen-bond acceptors (Lipinski definition) is 3. The van der Waals surface area contributed by atoms with Crippen LogP contribution in [0.1, 0.15) is 24.8 Å². The lowest BCUT2D eigenvalue weighted by Gasteiger charge is -2.16. The highest BCUT2D eigenvalue weighted by atomic mass is 16.3. The quantitative estimate of drug-likeness (QED) is 0.764. The number of aryl methyl sites for hydroxylation is 1. The molecule has 2 aliphatic rings. The molecule has 0 bridgehead atoms. The van der Waals surface area contributed by atoms with Crippen molar-refractivity contribution in [3.63, 3.8) is 0 Å². The van der Waals surface area contributed by atoms with E-state index in [-0.39, 0.29) is 17.7 Å². The summed E-state index contributed by atoms with van der Waals surface area (Å²) in [5, 5.41) is 11.6. The first-order valence-electron chi connectivity index (χ1n) is 6.95. The van der Waals surface area contributed by atoms with Gasteiger partial charge in [-0.05, 0) is 42.7 Å². The van der Waals surface area contributed by atoms with E-state index >= 15 is 0 Å². The summed E-state index contributed by atoms with van der Waals surface area (Å²) in [6.45, 7) is 1.95. The number of fused-ring (bicyclic) bond motifs is 1. The van der Waals surface area contributed by atoms with E-state index in [0.29, 0.717) is 12.8 Å². The highest BCUT2D eigenvalue weighted by Crippen LogP contribution is 2.12. The molecule has 1 aromatic rings. The minimum Gasteiger partial charge on any atom is -0.392 e. The van der Waals surface area contributed by atoms with Crippen molar-refractivity contribution in [3.05, 3.63) is 44.7 Å². The van der Waals surface area contributed by atoms with Gasteiger partial charge in [0.2, 0.25) is 5.56 Å². The third-order valence-corrected chi connectivity index (χ3v) is 3.74. The standard InChI is InChI=1S/C16H18N2O2/c1-10-7-16(20)18-15-9-12(5-6-14(10)15)17-11-3-2-4-13(19)8-11/h2-3,6-7,9,12-13,19H,4-5,8H2,1H3,(H,18,20). The Bertz CT molecular complexity index is 756. The van der Waals surface area contributed by atoms with E-state index in [1.54, 1.807) is 6.07 Å². The van der Waals surface area contributed by atoms with Gasteiger partial charge >= 0.3 is 0 Å². The molecule has 3 rings (SSSR count). The molecule has 1 aromatic heterocycles. The number of nitrogens with one attached hydrogen (secondary N) is 1. The van der Waals surface area contributed by atoms with E-state index in [4.69, 9.17) is 0 Å². The van der Waals surface area contributed by atoms with Gasteiger partial charge in [0.1, 0.15) is 0 Å². The molecular formula is C16H18N2O2. The highest BCUT2D eigenvalue weighted by molar-refractivity contribution is 5.96. The molecular weight excluding hydrogens is 252 g/mol. The normalized spacial score (nSPS) is 26.8. The first kappa shape index (κ1) is 13.1. The fourth-order valence-electron chi connectivity index (χ4n) is 2.78. The van der Waals surface area contributed by atoms with Crippen molar-refractivity contribution >= 4 is 17.9 Å². The van der Waals surface area contributed by atoms with Gasteiger partial charge < -0.3 is 10.1 Å². The van der Waals surface area contributed by atoms with Crippen molar-refractivity contribution in [1.82, 2.24) is 4.98 Å². The summed E-state index contributed by atoms with van der Waals surface area (Å²) in [5.41, 5.74) is 1.85. The summed E-state index contributed by atoms with van der Waals surface area (Å²) in [5.74, 6) is 0. The van der Waals surface area contributed by atoms with Crippen LogP contribution < -0.4 is 16.1 Å². The average Bonchev–Trinajstić information content (AvgIpc) is 2.38. The predicted molar refractivity (Wildman–Crippen MR) is 80.2 cm³/mol. The van der Waals surface area contributed by atoms with Crippen molar-refractivity contribution in [2.24, 2.45) is 4.99 Å². The fourth-order valence-corrected chi connectivity index (χ4v) is 2.78. The van der Waals surface area contributed by atoms with Crippen LogP contribution in [0.4, 0.5) is 0 Å². The minimum atomic E-state index is -0.319. The lowest BCUT2D eigenvalue weighted by molar-refractivity contribution is 0.184. The molecule has 0 radical (unpaired) electrons. The van der Waals surface area contributed by atoms with Crippen LogP contribution in [0, 0.1) is 6.92 Å². The van der Waals surface area contributed by atoms with Crippen molar-refractivity contribution in [2.45, 2.75) is 38.3 Å². The Morgan fingerprint density at radius 2 is 2.25 bits per heavy atom. The molecule has 0 amide bonds. The zero-order valence-corrected chi connectivity index (χ0v) is 11.5. The molecule has 4 heteroatoms. The number of aliphatic imine (C=N–C) groups is 1. The SMILES string of the molecule is Cc1cc(=O)[nH]c2c1=CCC(N=C1C=CCC(O)C1)C=2. The number of pyridine rings is 1. The number of aromatic nitrogens is 1. The second-order valence-electron chi connectivity index (χ2n) is 5.43. The Kier molecular flexibility index (Phi) is 3.40. The van der Waals surface area contributed by atoms with Crippen LogP contribution in [0.25, 0.3) is 12.2 Å². The summed E-state index contributed by atoms with van der Waals surface area (Å²) in [4.78, 5) is 19.1. The van der Waals surface area contributed by atoms with Crippen molar-refractivity contribution < 1.29 is 5.11 Å². The van der Waals surface area contributed by atoms with Gasteiger partial charge in [0.25, 0.3) is 0 Å². The molecule has 0 spiro atoms. The van der Waals surface area contributed by atoms with Crippen molar-refractivity contribution in [3.8, 4) is 0 Å². The summed E-state index contributed by atoms with van der Waals surface area (Å²) < 4.78 is 0. The maximum Gasteiger partial charge on any atom is 0.248 e. The van der Waals surface area contributed by atoms with Crippen molar-refractivity contribution in [1.29, 1.82) is 0 Å². The van der Waals surface area contributed by atoms with Gasteiger partial charge in [0, 0.05) is 23.5 Å². The number of aliphatic hydroxyl groups excluding tert-OH is 1. The van der Waals surface area contributed by atoms with Gasteiger partial charge in [-0.3, -0.25) is 9.79 Å². The van der Waals surface area contributed by atoms with Crippen LogP contribution in [-0.4, -0.2) is 27.9 Å². The highest BCUT2D eigenvalue weighted by Gasteiger charge is 2.13. The van der Waals surface area contributed by atoms with Gasteiger partial charge in [-0.2, -0.15) is 0 Å². The van der Waals surface area contributed by atoms with E-state index in [9.17, 15) is 9.90 Å².